The van der Waals surface area contributed by atoms with E-state index in [1.54, 1.807) is 23.1 Å². The number of hydrogen-bond acceptors (Lipinski definition) is 5. The quantitative estimate of drug-likeness (QED) is 0.638. The molecule has 0 unspecified atom stereocenters. The van der Waals surface area contributed by atoms with Crippen molar-refractivity contribution < 1.29 is 21.6 Å². The fourth-order valence-electron chi connectivity index (χ4n) is 3.14. The number of piperazine rings is 1. The molecule has 1 fully saturated rings. The van der Waals surface area contributed by atoms with Crippen molar-refractivity contribution in [3.63, 3.8) is 0 Å². The monoisotopic (exact) mass is 427 g/mol. The highest BCUT2D eigenvalue weighted by Gasteiger charge is 2.35. The lowest BCUT2D eigenvalue weighted by Crippen LogP contribution is -2.48. The van der Waals surface area contributed by atoms with Gasteiger partial charge < -0.3 is 4.90 Å². The van der Waals surface area contributed by atoms with Crippen LogP contribution in [0, 0.1) is 0 Å². The summed E-state index contributed by atoms with van der Waals surface area (Å²) in [7, 11) is -3.67. The Balaban J connectivity index is 1.50. The van der Waals surface area contributed by atoms with E-state index in [1.165, 1.54) is 4.31 Å². The first kappa shape index (κ1) is 19.2. The van der Waals surface area contributed by atoms with Gasteiger partial charge in [-0.25, -0.2) is 13.4 Å². The lowest BCUT2D eigenvalue weighted by molar-refractivity contribution is -0.134. The molecular weight excluding hydrogens is 411 g/mol. The van der Waals surface area contributed by atoms with Crippen LogP contribution in [0.15, 0.2) is 53.6 Å². The standard InChI is InChI=1S/C18H16F3N3O2S2/c19-18(20,21)16-12-22-17(27-16)23-7-9-24(10-8-23)28(25,26)15-6-5-13-3-1-2-4-14(13)11-15/h1-6,11-12H,7-10H2. The van der Waals surface area contributed by atoms with E-state index in [4.69, 9.17) is 0 Å². The Labute approximate surface area is 164 Å². The predicted octanol–water partition coefficient (Wildman–Crippen LogP) is 3.83. The van der Waals surface area contributed by atoms with Gasteiger partial charge in [0.15, 0.2) is 5.13 Å². The van der Waals surface area contributed by atoms with Crippen molar-refractivity contribution in [3.8, 4) is 0 Å². The van der Waals surface area contributed by atoms with Crippen LogP contribution in [0.4, 0.5) is 18.3 Å². The lowest BCUT2D eigenvalue weighted by atomic mass is 10.1. The van der Waals surface area contributed by atoms with Gasteiger partial charge in [0, 0.05) is 26.2 Å². The summed E-state index contributed by atoms with van der Waals surface area (Å²) in [6.07, 6.45) is -3.60. The highest BCUT2D eigenvalue weighted by Crippen LogP contribution is 2.36. The Morgan fingerprint density at radius 1 is 0.964 bits per heavy atom. The average molecular weight is 427 g/mol. The number of aromatic nitrogens is 1. The molecule has 0 bridgehead atoms. The first-order chi connectivity index (χ1) is 13.2. The second kappa shape index (κ2) is 7.02. The molecule has 10 heteroatoms. The Hall–Kier alpha value is -2.17. The van der Waals surface area contributed by atoms with E-state index in [1.807, 2.05) is 24.3 Å². The van der Waals surface area contributed by atoms with Gasteiger partial charge in [-0.05, 0) is 22.9 Å². The van der Waals surface area contributed by atoms with Crippen LogP contribution < -0.4 is 4.90 Å². The minimum atomic E-state index is -4.42. The first-order valence-electron chi connectivity index (χ1n) is 8.52. The molecule has 1 aliphatic rings. The highest BCUT2D eigenvalue weighted by molar-refractivity contribution is 7.89. The number of nitrogens with zero attached hydrogens (tertiary/aromatic N) is 3. The molecule has 0 atom stereocenters. The fraction of sp³-hybridized carbons (Fsp3) is 0.278. The van der Waals surface area contributed by atoms with E-state index in [-0.39, 0.29) is 36.2 Å². The van der Waals surface area contributed by atoms with Gasteiger partial charge in [0.1, 0.15) is 4.88 Å². The summed E-state index contributed by atoms with van der Waals surface area (Å²) >= 11 is 0.575. The molecule has 5 nitrogen and oxygen atoms in total. The molecule has 1 aliphatic heterocycles. The molecular formula is C18H16F3N3O2S2. The third-order valence-corrected chi connectivity index (χ3v) is 7.64. The van der Waals surface area contributed by atoms with Crippen LogP contribution in [0.25, 0.3) is 10.8 Å². The van der Waals surface area contributed by atoms with Crippen molar-refractivity contribution in [1.29, 1.82) is 0 Å². The van der Waals surface area contributed by atoms with Gasteiger partial charge in [-0.2, -0.15) is 17.5 Å². The Bertz CT molecular complexity index is 1100. The Morgan fingerprint density at radius 2 is 1.64 bits per heavy atom. The molecule has 0 spiro atoms. The smallest absolute Gasteiger partial charge is 0.345 e. The number of anilines is 1. The Morgan fingerprint density at radius 3 is 2.29 bits per heavy atom. The number of sulfonamides is 1. The molecule has 2 heterocycles. The van der Waals surface area contributed by atoms with Crippen LogP contribution in [0.1, 0.15) is 4.88 Å². The highest BCUT2D eigenvalue weighted by atomic mass is 32.2. The van der Waals surface area contributed by atoms with Crippen molar-refractivity contribution in [2.24, 2.45) is 0 Å². The molecule has 2 aromatic carbocycles. The summed E-state index contributed by atoms with van der Waals surface area (Å²) in [5, 5.41) is 2.05. The van der Waals surface area contributed by atoms with Crippen molar-refractivity contribution in [3.05, 3.63) is 53.5 Å². The number of halogens is 3. The number of rotatable bonds is 3. The maximum atomic E-state index is 13.0. The molecule has 148 valence electrons. The summed E-state index contributed by atoms with van der Waals surface area (Å²) in [5.41, 5.74) is 0. The SMILES string of the molecule is O=S(=O)(c1ccc2ccccc2c1)N1CCN(c2ncc(C(F)(F)F)s2)CC1. The second-order valence-corrected chi connectivity index (χ2v) is 9.35. The molecule has 0 amide bonds. The zero-order valence-electron chi connectivity index (χ0n) is 14.6. The van der Waals surface area contributed by atoms with Crippen LogP contribution in [0.3, 0.4) is 0 Å². The minimum absolute atomic E-state index is 0.191. The van der Waals surface area contributed by atoms with Crippen LogP contribution in [0.5, 0.6) is 0 Å². The molecule has 3 aromatic rings. The van der Waals surface area contributed by atoms with Gasteiger partial charge in [-0.15, -0.1) is 0 Å². The maximum absolute atomic E-state index is 13.0. The van der Waals surface area contributed by atoms with Crippen molar-refractivity contribution in [2.45, 2.75) is 11.1 Å². The number of benzene rings is 2. The van der Waals surface area contributed by atoms with Gasteiger partial charge in [0.2, 0.25) is 10.0 Å². The molecule has 28 heavy (non-hydrogen) atoms. The second-order valence-electron chi connectivity index (χ2n) is 6.40. The first-order valence-corrected chi connectivity index (χ1v) is 10.8. The molecule has 0 aliphatic carbocycles. The number of thiazole rings is 1. The molecule has 4 rings (SSSR count). The van der Waals surface area contributed by atoms with Gasteiger partial charge in [0.25, 0.3) is 0 Å². The molecule has 0 radical (unpaired) electrons. The van der Waals surface area contributed by atoms with Crippen LogP contribution in [-0.2, 0) is 16.2 Å². The van der Waals surface area contributed by atoms with E-state index in [0.717, 1.165) is 17.0 Å². The lowest BCUT2D eigenvalue weighted by Gasteiger charge is -2.33. The summed E-state index contributed by atoms with van der Waals surface area (Å²) in [4.78, 5) is 4.99. The van der Waals surface area contributed by atoms with Crippen molar-refractivity contribution in [1.82, 2.24) is 9.29 Å². The summed E-state index contributed by atoms with van der Waals surface area (Å²) in [5.74, 6) is 0. The molecule has 0 N–H and O–H groups in total. The normalized spacial score (nSPS) is 16.6. The van der Waals surface area contributed by atoms with Gasteiger partial charge in [-0.3, -0.25) is 0 Å². The molecule has 0 saturated carbocycles. The van der Waals surface area contributed by atoms with Gasteiger partial charge >= 0.3 is 6.18 Å². The van der Waals surface area contributed by atoms with Crippen LogP contribution in [-0.4, -0.2) is 43.9 Å². The van der Waals surface area contributed by atoms with Crippen LogP contribution in [0.2, 0.25) is 0 Å². The summed E-state index contributed by atoms with van der Waals surface area (Å²) < 4.78 is 65.5. The van der Waals surface area contributed by atoms with E-state index in [9.17, 15) is 21.6 Å². The van der Waals surface area contributed by atoms with Gasteiger partial charge in [0.05, 0.1) is 11.1 Å². The third-order valence-electron chi connectivity index (χ3n) is 4.64. The fourth-order valence-corrected chi connectivity index (χ4v) is 5.43. The van der Waals surface area contributed by atoms with Crippen LogP contribution >= 0.6 is 11.3 Å². The number of alkyl halides is 3. The third kappa shape index (κ3) is 3.59. The van der Waals surface area contributed by atoms with E-state index < -0.39 is 21.1 Å². The zero-order chi connectivity index (χ0) is 19.9. The summed E-state index contributed by atoms with van der Waals surface area (Å²) in [6.45, 7) is 0.960. The minimum Gasteiger partial charge on any atom is -0.345 e. The Kier molecular flexibility index (Phi) is 4.80. The maximum Gasteiger partial charge on any atom is 0.427 e. The summed E-state index contributed by atoms with van der Waals surface area (Å²) in [6, 6.07) is 12.5. The predicted molar refractivity (Wildman–Crippen MR) is 102 cm³/mol. The zero-order valence-corrected chi connectivity index (χ0v) is 16.2. The van der Waals surface area contributed by atoms with Crippen molar-refractivity contribution in [2.75, 3.05) is 31.1 Å². The number of fused-ring (bicyclic) bond motifs is 1. The van der Waals surface area contributed by atoms with E-state index in [2.05, 4.69) is 4.98 Å². The average Bonchev–Trinajstić information content (AvgIpc) is 3.18. The van der Waals surface area contributed by atoms with Gasteiger partial charge in [-0.1, -0.05) is 41.7 Å². The molecule has 1 aromatic heterocycles. The largest absolute Gasteiger partial charge is 0.427 e. The van der Waals surface area contributed by atoms with E-state index in [0.29, 0.717) is 11.3 Å². The van der Waals surface area contributed by atoms with E-state index >= 15 is 0 Å². The number of hydrogen-bond donors (Lipinski definition) is 0. The topological polar surface area (TPSA) is 53.5 Å². The van der Waals surface area contributed by atoms with Crippen molar-refractivity contribution >= 4 is 37.3 Å². The molecule has 1 saturated heterocycles.